The molecule has 1 fully saturated rings. The van der Waals surface area contributed by atoms with Crippen LogP contribution in [0.25, 0.3) is 0 Å². The molecule has 1 aliphatic heterocycles. The van der Waals surface area contributed by atoms with Gasteiger partial charge in [-0.15, -0.1) is 0 Å². The first-order valence-corrected chi connectivity index (χ1v) is 12.4. The average molecular weight is 498 g/mol. The molecule has 0 amide bonds. The van der Waals surface area contributed by atoms with Crippen molar-refractivity contribution in [2.45, 2.75) is 83.7 Å². The zero-order valence-electron chi connectivity index (χ0n) is 20.0. The monoisotopic (exact) mass is 497 g/mol. The zero-order chi connectivity index (χ0) is 22.2. The summed E-state index contributed by atoms with van der Waals surface area (Å²) in [5.74, 6) is 2.02. The van der Waals surface area contributed by atoms with Crippen LogP contribution in [0.1, 0.15) is 101 Å². The normalized spacial score (nSPS) is 15.5. The van der Waals surface area contributed by atoms with Crippen molar-refractivity contribution in [1.82, 2.24) is 0 Å². The predicted octanol–water partition coefficient (Wildman–Crippen LogP) is 7.34. The van der Waals surface area contributed by atoms with E-state index in [1.54, 1.807) is 0 Å². The molecule has 0 bridgehead atoms. The van der Waals surface area contributed by atoms with Gasteiger partial charge in [-0.25, -0.2) is 0 Å². The molecule has 3 rings (SSSR count). The number of para-hydroxylation sites is 2. The SMILES string of the molecule is CC(C)c1cccc(C(C)C)c1N1CCN(c2c(C(C)C)cccc2C(C)C)[CH]1[Pd+]. The molecule has 0 N–H and O–H groups in total. The minimum absolute atomic E-state index is 0.197. The quantitative estimate of drug-likeness (QED) is 0.385. The van der Waals surface area contributed by atoms with Crippen LogP contribution in [0.4, 0.5) is 11.4 Å². The molecule has 1 saturated heterocycles. The first-order valence-electron chi connectivity index (χ1n) is 11.5. The number of anilines is 2. The number of rotatable bonds is 6. The Morgan fingerprint density at radius 2 is 0.867 bits per heavy atom. The van der Waals surface area contributed by atoms with Gasteiger partial charge in [-0.2, -0.15) is 0 Å². The molecule has 0 atom stereocenters. The van der Waals surface area contributed by atoms with E-state index in [1.807, 2.05) is 0 Å². The summed E-state index contributed by atoms with van der Waals surface area (Å²) in [7, 11) is 0. The van der Waals surface area contributed by atoms with Gasteiger partial charge in [0.1, 0.15) is 0 Å². The molecule has 1 heterocycles. The molecule has 1 aliphatic rings. The summed E-state index contributed by atoms with van der Waals surface area (Å²) in [5, 5.41) is 0. The van der Waals surface area contributed by atoms with Gasteiger partial charge in [-0.05, 0) is 0 Å². The van der Waals surface area contributed by atoms with Crippen LogP contribution in [-0.2, 0) is 19.2 Å². The standard InChI is InChI=1S/C27H39N2.Pd/c1-18(2)22-11-9-12-23(19(3)4)26(22)28-15-16-29(17-28)27-24(20(5)6)13-10-14-25(27)21(7)8;/h9-14,17-21H,15-16H2,1-8H3;/q;+1. The van der Waals surface area contributed by atoms with Crippen molar-refractivity contribution >= 4 is 11.4 Å². The molecule has 0 saturated carbocycles. The third kappa shape index (κ3) is 4.35. The number of benzene rings is 2. The Morgan fingerprint density at radius 3 is 1.10 bits per heavy atom. The number of hydrogen-bond acceptors (Lipinski definition) is 2. The van der Waals surface area contributed by atoms with Gasteiger partial charge in [-0.3, -0.25) is 0 Å². The van der Waals surface area contributed by atoms with Crippen LogP contribution < -0.4 is 9.80 Å². The molecule has 2 aromatic carbocycles. The Labute approximate surface area is 195 Å². The topological polar surface area (TPSA) is 6.48 Å². The zero-order valence-corrected chi connectivity index (χ0v) is 21.5. The summed E-state index contributed by atoms with van der Waals surface area (Å²) in [6.07, 6.45) is 0. The first-order chi connectivity index (χ1) is 14.1. The van der Waals surface area contributed by atoms with Gasteiger partial charge in [0, 0.05) is 0 Å². The second-order valence-electron chi connectivity index (χ2n) is 9.85. The van der Waals surface area contributed by atoms with Gasteiger partial charge in [0.15, 0.2) is 0 Å². The van der Waals surface area contributed by atoms with Crippen molar-refractivity contribution in [1.29, 1.82) is 0 Å². The van der Waals surface area contributed by atoms with Crippen molar-refractivity contribution < 1.29 is 19.2 Å². The molecule has 0 spiro atoms. The van der Waals surface area contributed by atoms with Crippen molar-refractivity contribution in [3.8, 4) is 0 Å². The van der Waals surface area contributed by atoms with Crippen LogP contribution in [0.3, 0.4) is 0 Å². The predicted molar refractivity (Wildman–Crippen MR) is 128 cm³/mol. The van der Waals surface area contributed by atoms with Gasteiger partial charge in [-0.1, -0.05) is 0 Å². The minimum atomic E-state index is 0.197. The molecule has 3 heteroatoms. The van der Waals surface area contributed by atoms with E-state index in [9.17, 15) is 0 Å². The molecule has 0 aliphatic carbocycles. The van der Waals surface area contributed by atoms with E-state index < -0.39 is 0 Å². The third-order valence-corrected chi connectivity index (χ3v) is 7.29. The van der Waals surface area contributed by atoms with E-state index in [0.29, 0.717) is 23.7 Å². The van der Waals surface area contributed by atoms with Gasteiger partial charge >= 0.3 is 196 Å². The molecule has 0 unspecified atom stereocenters. The van der Waals surface area contributed by atoms with E-state index in [4.69, 9.17) is 0 Å². The van der Waals surface area contributed by atoms with Gasteiger partial charge in [0.25, 0.3) is 0 Å². The third-order valence-electron chi connectivity index (χ3n) is 6.32. The van der Waals surface area contributed by atoms with Crippen molar-refractivity contribution in [2.24, 2.45) is 0 Å². The van der Waals surface area contributed by atoms with Crippen LogP contribution in [0.15, 0.2) is 36.4 Å². The molecular formula is C27H39N2Pd+. The van der Waals surface area contributed by atoms with E-state index in [2.05, 4.69) is 121 Å². The van der Waals surface area contributed by atoms with Gasteiger partial charge in [0.05, 0.1) is 0 Å². The van der Waals surface area contributed by atoms with Crippen LogP contribution >= 0.6 is 0 Å². The maximum absolute atomic E-state index is 3.78. The fourth-order valence-corrected chi connectivity index (χ4v) is 5.49. The molecule has 0 radical (unpaired) electrons. The molecule has 2 aromatic rings. The molecule has 2 nitrogen and oxygen atoms in total. The fourth-order valence-electron chi connectivity index (χ4n) is 4.69. The Morgan fingerprint density at radius 1 is 0.600 bits per heavy atom. The Kier molecular flexibility index (Phi) is 7.37. The van der Waals surface area contributed by atoms with E-state index in [1.165, 1.54) is 33.6 Å². The summed E-state index contributed by atoms with van der Waals surface area (Å²) < 4.78 is 0.197. The van der Waals surface area contributed by atoms with Gasteiger partial charge in [0.2, 0.25) is 0 Å². The molecule has 166 valence electrons. The van der Waals surface area contributed by atoms with Crippen LogP contribution in [0.2, 0.25) is 0 Å². The van der Waals surface area contributed by atoms with Crippen LogP contribution in [-0.4, -0.2) is 17.7 Å². The maximum atomic E-state index is 3.78. The van der Waals surface area contributed by atoms with Crippen LogP contribution in [0.5, 0.6) is 0 Å². The summed E-state index contributed by atoms with van der Waals surface area (Å²) in [5.41, 5.74) is 8.71. The molecular weight excluding hydrogens is 459 g/mol. The molecule has 30 heavy (non-hydrogen) atoms. The first kappa shape index (κ1) is 23.4. The van der Waals surface area contributed by atoms with Crippen molar-refractivity contribution in [3.05, 3.63) is 58.7 Å². The van der Waals surface area contributed by atoms with Crippen LogP contribution in [0, 0.1) is 0 Å². The Balaban J connectivity index is 2.11. The summed E-state index contributed by atoms with van der Waals surface area (Å²) in [6, 6.07) is 13.7. The summed E-state index contributed by atoms with van der Waals surface area (Å²) in [6.45, 7) is 20.6. The second kappa shape index (κ2) is 9.46. The molecule has 0 aromatic heterocycles. The van der Waals surface area contributed by atoms with Crippen molar-refractivity contribution in [3.63, 3.8) is 0 Å². The number of hydrogen-bond donors (Lipinski definition) is 0. The fraction of sp³-hybridized carbons (Fsp3) is 0.556. The Hall–Kier alpha value is -1.30. The van der Waals surface area contributed by atoms with E-state index in [-0.39, 0.29) is 4.64 Å². The summed E-state index contributed by atoms with van der Waals surface area (Å²) >= 11 is 3.78. The van der Waals surface area contributed by atoms with Gasteiger partial charge < -0.3 is 0 Å². The number of nitrogens with zero attached hydrogens (tertiary/aromatic N) is 2. The van der Waals surface area contributed by atoms with E-state index in [0.717, 1.165) is 13.1 Å². The Bertz CT molecular complexity index is 745. The average Bonchev–Trinajstić information content (AvgIpc) is 3.07. The van der Waals surface area contributed by atoms with Crippen molar-refractivity contribution in [2.75, 3.05) is 22.9 Å². The second-order valence-corrected chi connectivity index (χ2v) is 10.7. The van der Waals surface area contributed by atoms with E-state index >= 15 is 0 Å². The summed E-state index contributed by atoms with van der Waals surface area (Å²) in [4.78, 5) is 5.21.